The lowest BCUT2D eigenvalue weighted by molar-refractivity contribution is 0.310. The van der Waals surface area contributed by atoms with Crippen LogP contribution < -0.4 is 4.74 Å². The van der Waals surface area contributed by atoms with Crippen molar-refractivity contribution >= 4 is 31.3 Å². The van der Waals surface area contributed by atoms with Gasteiger partial charge >= 0.3 is 0 Å². The lowest BCUT2D eigenvalue weighted by Crippen LogP contribution is -2.04. The second-order valence-corrected chi connectivity index (χ2v) is 8.73. The Labute approximate surface area is 162 Å². The van der Waals surface area contributed by atoms with Gasteiger partial charge in [0.05, 0.1) is 17.0 Å². The van der Waals surface area contributed by atoms with Crippen molar-refractivity contribution in [2.24, 2.45) is 0 Å². The molecule has 0 atom stereocenters. The average molecular weight is 436 g/mol. The molecule has 138 valence electrons. The van der Waals surface area contributed by atoms with Crippen LogP contribution in [0.15, 0.2) is 64.6 Å². The number of pyridine rings is 1. The van der Waals surface area contributed by atoms with Crippen LogP contribution in [-0.2, 0) is 16.3 Å². The van der Waals surface area contributed by atoms with E-state index < -0.39 is 9.84 Å². The van der Waals surface area contributed by atoms with Crippen molar-refractivity contribution in [2.75, 3.05) is 11.9 Å². The number of benzene rings is 1. The van der Waals surface area contributed by atoms with Gasteiger partial charge in [0.25, 0.3) is 0 Å². The summed E-state index contributed by atoms with van der Waals surface area (Å²) in [6.07, 6.45) is 6.43. The van der Waals surface area contributed by atoms with Gasteiger partial charge in [0.15, 0.2) is 0 Å². The minimum atomic E-state index is -3.59. The normalized spacial score (nSPS) is 11.8. The summed E-state index contributed by atoms with van der Waals surface area (Å²) < 4.78 is 34.0. The van der Waals surface area contributed by atoms with Crippen molar-refractivity contribution in [1.29, 1.82) is 0 Å². The summed E-state index contributed by atoms with van der Waals surface area (Å²) in [6.45, 7) is 2.60. The number of hydrogen-bond acceptors (Lipinski definition) is 3. The molecular formula is C20H22BrNO3S. The number of halogens is 1. The molecule has 0 aliphatic heterocycles. The van der Waals surface area contributed by atoms with Crippen molar-refractivity contribution in [3.05, 3.63) is 60.4 Å². The number of alkyl halides is 1. The van der Waals surface area contributed by atoms with Crippen molar-refractivity contribution < 1.29 is 13.2 Å². The van der Waals surface area contributed by atoms with Crippen molar-refractivity contribution in [3.63, 3.8) is 0 Å². The summed E-state index contributed by atoms with van der Waals surface area (Å²) in [5.74, 6) is 0.691. The third kappa shape index (κ3) is 3.81. The van der Waals surface area contributed by atoms with Gasteiger partial charge in [0, 0.05) is 17.7 Å². The SMILES string of the molecule is CCc1cn2ccccc2c1S(=O)(=O)c1ccc(OCCCCBr)cc1. The molecule has 0 aliphatic carbocycles. The van der Waals surface area contributed by atoms with Gasteiger partial charge in [-0.05, 0) is 61.2 Å². The lowest BCUT2D eigenvalue weighted by Gasteiger charge is -2.09. The van der Waals surface area contributed by atoms with E-state index in [0.717, 1.165) is 23.7 Å². The third-order valence-electron chi connectivity index (χ3n) is 4.29. The molecule has 0 saturated carbocycles. The molecular weight excluding hydrogens is 414 g/mol. The molecule has 3 aromatic rings. The number of ether oxygens (including phenoxy) is 1. The van der Waals surface area contributed by atoms with E-state index in [1.54, 1.807) is 24.3 Å². The van der Waals surface area contributed by atoms with Crippen LogP contribution in [0.3, 0.4) is 0 Å². The fourth-order valence-electron chi connectivity index (χ4n) is 2.93. The number of aryl methyl sites for hydroxylation is 1. The fraction of sp³-hybridized carbons (Fsp3) is 0.300. The van der Waals surface area contributed by atoms with Gasteiger partial charge in [-0.15, -0.1) is 0 Å². The number of hydrogen-bond donors (Lipinski definition) is 0. The molecule has 0 bridgehead atoms. The number of unbranched alkanes of at least 4 members (excludes halogenated alkanes) is 1. The predicted octanol–water partition coefficient (Wildman–Crippen LogP) is 4.89. The first-order valence-electron chi connectivity index (χ1n) is 8.70. The predicted molar refractivity (Wildman–Crippen MR) is 107 cm³/mol. The Morgan fingerprint density at radius 1 is 1.08 bits per heavy atom. The van der Waals surface area contributed by atoms with Gasteiger partial charge < -0.3 is 9.14 Å². The highest BCUT2D eigenvalue weighted by Gasteiger charge is 2.25. The first kappa shape index (κ1) is 19.0. The van der Waals surface area contributed by atoms with E-state index in [0.29, 0.717) is 29.2 Å². The van der Waals surface area contributed by atoms with Crippen LogP contribution >= 0.6 is 15.9 Å². The number of sulfone groups is 1. The number of fused-ring (bicyclic) bond motifs is 1. The van der Waals surface area contributed by atoms with E-state index in [9.17, 15) is 8.42 Å². The van der Waals surface area contributed by atoms with Crippen molar-refractivity contribution in [3.8, 4) is 5.75 Å². The van der Waals surface area contributed by atoms with Crippen LogP contribution in [0.5, 0.6) is 5.75 Å². The Morgan fingerprint density at radius 3 is 2.54 bits per heavy atom. The highest BCUT2D eigenvalue weighted by atomic mass is 79.9. The maximum absolute atomic E-state index is 13.2. The van der Waals surface area contributed by atoms with Gasteiger partial charge in [-0.3, -0.25) is 0 Å². The van der Waals surface area contributed by atoms with Gasteiger partial charge in [0.1, 0.15) is 10.6 Å². The molecule has 0 saturated heterocycles. The summed E-state index contributed by atoms with van der Waals surface area (Å²) in [5.41, 5.74) is 1.53. The first-order valence-corrected chi connectivity index (χ1v) is 11.3. The van der Waals surface area contributed by atoms with Crippen LogP contribution in [0.4, 0.5) is 0 Å². The molecule has 2 aromatic heterocycles. The molecule has 0 spiro atoms. The van der Waals surface area contributed by atoms with E-state index in [2.05, 4.69) is 15.9 Å². The Morgan fingerprint density at radius 2 is 1.85 bits per heavy atom. The monoisotopic (exact) mass is 435 g/mol. The quantitative estimate of drug-likeness (QED) is 0.373. The highest BCUT2D eigenvalue weighted by molar-refractivity contribution is 9.09. The largest absolute Gasteiger partial charge is 0.494 e. The fourth-order valence-corrected chi connectivity index (χ4v) is 5.05. The summed E-state index contributed by atoms with van der Waals surface area (Å²) >= 11 is 3.39. The number of nitrogens with zero attached hydrogens (tertiary/aromatic N) is 1. The van der Waals surface area contributed by atoms with E-state index in [-0.39, 0.29) is 4.90 Å². The van der Waals surface area contributed by atoms with Crippen LogP contribution in [0.25, 0.3) is 5.52 Å². The summed E-state index contributed by atoms with van der Waals surface area (Å²) in [4.78, 5) is 0.684. The van der Waals surface area contributed by atoms with Gasteiger partial charge in [-0.25, -0.2) is 8.42 Å². The van der Waals surface area contributed by atoms with E-state index in [1.165, 1.54) is 0 Å². The molecule has 3 rings (SSSR count). The van der Waals surface area contributed by atoms with E-state index in [1.807, 2.05) is 41.9 Å². The number of rotatable bonds is 8. The standard InChI is InChI=1S/C20H22BrNO3S/c1-2-16-15-22-13-5-3-7-19(22)20(16)26(23,24)18-10-8-17(9-11-18)25-14-6-4-12-21/h3,5,7-11,13,15H,2,4,6,12,14H2,1H3. The van der Waals surface area contributed by atoms with Crippen LogP contribution in [-0.4, -0.2) is 24.8 Å². The molecule has 6 heteroatoms. The molecule has 0 fully saturated rings. The lowest BCUT2D eigenvalue weighted by atomic mass is 10.2. The van der Waals surface area contributed by atoms with E-state index >= 15 is 0 Å². The number of aromatic nitrogens is 1. The molecule has 1 aromatic carbocycles. The Balaban J connectivity index is 1.91. The maximum atomic E-state index is 13.2. The molecule has 2 heterocycles. The summed E-state index contributed by atoms with van der Waals surface area (Å²) in [6, 6.07) is 12.3. The van der Waals surface area contributed by atoms with Crippen LogP contribution in [0.1, 0.15) is 25.3 Å². The molecule has 4 nitrogen and oxygen atoms in total. The smallest absolute Gasteiger partial charge is 0.208 e. The highest BCUT2D eigenvalue weighted by Crippen LogP contribution is 2.31. The zero-order chi connectivity index (χ0) is 18.6. The Kier molecular flexibility index (Phi) is 6.04. The molecule has 0 amide bonds. The van der Waals surface area contributed by atoms with E-state index in [4.69, 9.17) is 4.74 Å². The van der Waals surface area contributed by atoms with Gasteiger partial charge in [-0.2, -0.15) is 0 Å². The molecule has 0 N–H and O–H groups in total. The minimum Gasteiger partial charge on any atom is -0.494 e. The Hall–Kier alpha value is -1.79. The summed E-state index contributed by atoms with van der Waals surface area (Å²) in [7, 11) is -3.59. The second kappa shape index (κ2) is 8.27. The Bertz CT molecular complexity index is 978. The van der Waals surface area contributed by atoms with Crippen molar-refractivity contribution in [2.45, 2.75) is 36.0 Å². The van der Waals surface area contributed by atoms with Gasteiger partial charge in [0.2, 0.25) is 9.84 Å². The molecule has 0 radical (unpaired) electrons. The van der Waals surface area contributed by atoms with Crippen LogP contribution in [0.2, 0.25) is 0 Å². The zero-order valence-corrected chi connectivity index (χ0v) is 17.1. The van der Waals surface area contributed by atoms with Gasteiger partial charge in [-0.1, -0.05) is 28.9 Å². The minimum absolute atomic E-state index is 0.289. The maximum Gasteiger partial charge on any atom is 0.208 e. The zero-order valence-electron chi connectivity index (χ0n) is 14.7. The van der Waals surface area contributed by atoms with Crippen molar-refractivity contribution in [1.82, 2.24) is 4.40 Å². The molecule has 0 aliphatic rings. The third-order valence-corrected chi connectivity index (χ3v) is 6.75. The summed E-state index contributed by atoms with van der Waals surface area (Å²) in [5, 5.41) is 0.957. The first-order chi connectivity index (χ1) is 12.6. The molecule has 0 unspecified atom stereocenters. The topological polar surface area (TPSA) is 47.8 Å². The average Bonchev–Trinajstić information content (AvgIpc) is 3.05. The van der Waals surface area contributed by atoms with Crippen LogP contribution in [0, 0.1) is 0 Å². The second-order valence-electron chi connectivity index (χ2n) is 6.05. The molecule has 26 heavy (non-hydrogen) atoms.